The van der Waals surface area contributed by atoms with Crippen molar-refractivity contribution in [2.24, 2.45) is 0 Å². The summed E-state index contributed by atoms with van der Waals surface area (Å²) in [6, 6.07) is 0. The molecule has 1 aromatic heterocycles. The molecule has 0 aromatic carbocycles. The zero-order valence-electron chi connectivity index (χ0n) is 8.22. The Kier molecular flexibility index (Phi) is 2.20. The summed E-state index contributed by atoms with van der Waals surface area (Å²) in [4.78, 5) is 4.43. The highest BCUT2D eigenvalue weighted by Crippen LogP contribution is 2.35. The summed E-state index contributed by atoms with van der Waals surface area (Å²) in [5, 5.41) is 5.22. The Labute approximate surface area is 83.1 Å². The van der Waals surface area contributed by atoms with Crippen LogP contribution in [0.2, 0.25) is 0 Å². The van der Waals surface area contributed by atoms with Crippen molar-refractivity contribution in [2.45, 2.75) is 31.0 Å². The Balaban J connectivity index is 2.47. The van der Waals surface area contributed by atoms with Gasteiger partial charge in [0, 0.05) is 18.0 Å². The van der Waals surface area contributed by atoms with Gasteiger partial charge in [0.25, 0.3) is 0 Å². The second-order valence-corrected chi connectivity index (χ2v) is 4.98. The van der Waals surface area contributed by atoms with E-state index >= 15 is 0 Å². The maximum atomic E-state index is 4.43. The van der Waals surface area contributed by atoms with E-state index in [4.69, 9.17) is 0 Å². The predicted octanol–water partition coefficient (Wildman–Crippen LogP) is 2.60. The molecule has 0 fully saturated rings. The van der Waals surface area contributed by atoms with E-state index in [-0.39, 0.29) is 0 Å². The first-order chi connectivity index (χ1) is 6.18. The van der Waals surface area contributed by atoms with Crippen molar-refractivity contribution in [1.29, 1.82) is 0 Å². The van der Waals surface area contributed by atoms with Gasteiger partial charge in [-0.25, -0.2) is 4.98 Å². The molecule has 70 valence electrons. The van der Waals surface area contributed by atoms with Crippen LogP contribution < -0.4 is 5.32 Å². The van der Waals surface area contributed by atoms with E-state index in [1.807, 2.05) is 18.0 Å². The van der Waals surface area contributed by atoms with Gasteiger partial charge in [-0.15, -0.1) is 0 Å². The van der Waals surface area contributed by atoms with Crippen LogP contribution in [0.4, 0.5) is 5.69 Å². The quantitative estimate of drug-likeness (QED) is 0.687. The maximum Gasteiger partial charge on any atom is 0.120 e. The van der Waals surface area contributed by atoms with Crippen molar-refractivity contribution in [3.8, 4) is 0 Å². The van der Waals surface area contributed by atoms with E-state index in [2.05, 4.69) is 31.1 Å². The Morgan fingerprint density at radius 1 is 1.54 bits per heavy atom. The summed E-state index contributed by atoms with van der Waals surface area (Å²) >= 11 is 1.86. The SMILES string of the molecule is Cc1cnc2c(c1C)NCC(C)S2. The molecule has 0 saturated carbocycles. The van der Waals surface area contributed by atoms with Gasteiger partial charge in [0.15, 0.2) is 0 Å². The smallest absolute Gasteiger partial charge is 0.120 e. The van der Waals surface area contributed by atoms with Crippen LogP contribution in [0.1, 0.15) is 18.1 Å². The van der Waals surface area contributed by atoms with Crippen molar-refractivity contribution >= 4 is 17.4 Å². The third-order valence-electron chi connectivity index (χ3n) is 2.43. The number of aryl methyl sites for hydroxylation is 1. The van der Waals surface area contributed by atoms with Gasteiger partial charge >= 0.3 is 0 Å². The van der Waals surface area contributed by atoms with E-state index < -0.39 is 0 Å². The Hall–Kier alpha value is -0.700. The molecule has 2 rings (SSSR count). The summed E-state index contributed by atoms with van der Waals surface area (Å²) in [6.07, 6.45) is 1.96. The van der Waals surface area contributed by atoms with Gasteiger partial charge in [0.05, 0.1) is 5.69 Å². The lowest BCUT2D eigenvalue weighted by Crippen LogP contribution is -2.20. The van der Waals surface area contributed by atoms with E-state index in [0.29, 0.717) is 5.25 Å². The molecule has 1 aliphatic rings. The molecule has 0 aliphatic carbocycles. The first-order valence-electron chi connectivity index (χ1n) is 4.55. The largest absolute Gasteiger partial charge is 0.382 e. The fourth-order valence-electron chi connectivity index (χ4n) is 1.45. The van der Waals surface area contributed by atoms with Crippen LogP contribution in [0.15, 0.2) is 11.2 Å². The molecule has 0 amide bonds. The Morgan fingerprint density at radius 2 is 2.31 bits per heavy atom. The van der Waals surface area contributed by atoms with E-state index in [9.17, 15) is 0 Å². The van der Waals surface area contributed by atoms with Gasteiger partial charge in [0.1, 0.15) is 5.03 Å². The third-order valence-corrected chi connectivity index (χ3v) is 3.54. The summed E-state index contributed by atoms with van der Waals surface area (Å²) in [6.45, 7) is 7.52. The summed E-state index contributed by atoms with van der Waals surface area (Å²) in [5.41, 5.74) is 3.84. The number of aromatic nitrogens is 1. The molecule has 1 aliphatic heterocycles. The summed E-state index contributed by atoms with van der Waals surface area (Å²) in [5.74, 6) is 0. The molecule has 1 atom stereocenters. The molecule has 0 bridgehead atoms. The fourth-order valence-corrected chi connectivity index (χ4v) is 2.45. The lowest BCUT2D eigenvalue weighted by atomic mass is 10.1. The van der Waals surface area contributed by atoms with Crippen LogP contribution in [0.5, 0.6) is 0 Å². The third kappa shape index (κ3) is 1.53. The predicted molar refractivity (Wildman–Crippen MR) is 57.5 cm³/mol. The molecule has 2 nitrogen and oxygen atoms in total. The van der Waals surface area contributed by atoms with Crippen LogP contribution in [-0.4, -0.2) is 16.8 Å². The highest BCUT2D eigenvalue weighted by molar-refractivity contribution is 8.00. The lowest BCUT2D eigenvalue weighted by molar-refractivity contribution is 0.936. The maximum absolute atomic E-state index is 4.43. The van der Waals surface area contributed by atoms with Crippen LogP contribution in [0, 0.1) is 13.8 Å². The van der Waals surface area contributed by atoms with Gasteiger partial charge in [0.2, 0.25) is 0 Å². The number of thioether (sulfide) groups is 1. The highest BCUT2D eigenvalue weighted by atomic mass is 32.2. The number of hydrogen-bond donors (Lipinski definition) is 1. The number of rotatable bonds is 0. The van der Waals surface area contributed by atoms with Crippen LogP contribution >= 0.6 is 11.8 Å². The first kappa shape index (κ1) is 8.88. The molecule has 0 radical (unpaired) electrons. The molecular formula is C10H14N2S. The first-order valence-corrected chi connectivity index (χ1v) is 5.43. The van der Waals surface area contributed by atoms with Crippen molar-refractivity contribution in [1.82, 2.24) is 4.98 Å². The van der Waals surface area contributed by atoms with Crippen LogP contribution in [0.3, 0.4) is 0 Å². The van der Waals surface area contributed by atoms with Crippen molar-refractivity contribution < 1.29 is 0 Å². The van der Waals surface area contributed by atoms with E-state index in [0.717, 1.165) is 11.6 Å². The molecule has 2 heterocycles. The van der Waals surface area contributed by atoms with Crippen molar-refractivity contribution in [3.63, 3.8) is 0 Å². The number of nitrogens with one attached hydrogen (secondary N) is 1. The minimum absolute atomic E-state index is 0.627. The summed E-state index contributed by atoms with van der Waals surface area (Å²) in [7, 11) is 0. The Bertz CT molecular complexity index is 336. The van der Waals surface area contributed by atoms with Crippen molar-refractivity contribution in [2.75, 3.05) is 11.9 Å². The second kappa shape index (κ2) is 3.22. The van der Waals surface area contributed by atoms with E-state index in [1.165, 1.54) is 16.8 Å². The molecule has 0 spiro atoms. The average Bonchev–Trinajstić information content (AvgIpc) is 2.12. The zero-order chi connectivity index (χ0) is 9.42. The molecule has 1 aromatic rings. The number of hydrogen-bond acceptors (Lipinski definition) is 3. The number of nitrogens with zero attached hydrogens (tertiary/aromatic N) is 1. The number of fused-ring (bicyclic) bond motifs is 1. The van der Waals surface area contributed by atoms with Gasteiger partial charge in [-0.2, -0.15) is 0 Å². The molecule has 13 heavy (non-hydrogen) atoms. The van der Waals surface area contributed by atoms with Gasteiger partial charge in [-0.1, -0.05) is 18.7 Å². The van der Waals surface area contributed by atoms with Gasteiger partial charge in [-0.05, 0) is 25.0 Å². The van der Waals surface area contributed by atoms with Crippen molar-refractivity contribution in [3.05, 3.63) is 17.3 Å². The average molecular weight is 194 g/mol. The lowest BCUT2D eigenvalue weighted by Gasteiger charge is -2.23. The fraction of sp³-hybridized carbons (Fsp3) is 0.500. The van der Waals surface area contributed by atoms with Gasteiger partial charge in [-0.3, -0.25) is 0 Å². The highest BCUT2D eigenvalue weighted by Gasteiger charge is 2.18. The second-order valence-electron chi connectivity index (χ2n) is 3.56. The minimum Gasteiger partial charge on any atom is -0.382 e. The Morgan fingerprint density at radius 3 is 3.08 bits per heavy atom. The topological polar surface area (TPSA) is 24.9 Å². The molecule has 3 heteroatoms. The minimum atomic E-state index is 0.627. The normalized spacial score (nSPS) is 20.7. The standard InChI is InChI=1S/C10H14N2S/c1-6-4-12-10-9(8(6)3)11-5-7(2)13-10/h4,7,11H,5H2,1-3H3. The monoisotopic (exact) mass is 194 g/mol. The van der Waals surface area contributed by atoms with Gasteiger partial charge < -0.3 is 5.32 Å². The van der Waals surface area contributed by atoms with E-state index in [1.54, 1.807) is 0 Å². The molecule has 0 saturated heterocycles. The molecule has 1 unspecified atom stereocenters. The molecular weight excluding hydrogens is 180 g/mol. The molecule has 1 N–H and O–H groups in total. The number of pyridine rings is 1. The van der Waals surface area contributed by atoms with Crippen LogP contribution in [-0.2, 0) is 0 Å². The van der Waals surface area contributed by atoms with Crippen LogP contribution in [0.25, 0.3) is 0 Å². The zero-order valence-corrected chi connectivity index (χ0v) is 9.03. The number of anilines is 1. The summed E-state index contributed by atoms with van der Waals surface area (Å²) < 4.78 is 0.